The van der Waals surface area contributed by atoms with Gasteiger partial charge in [-0.2, -0.15) is 0 Å². The zero-order valence-corrected chi connectivity index (χ0v) is 15.4. The van der Waals surface area contributed by atoms with Crippen LogP contribution in [0.2, 0.25) is 0 Å². The molecule has 2 aromatic heterocycles. The van der Waals surface area contributed by atoms with Gasteiger partial charge in [-0.15, -0.1) is 11.3 Å². The highest BCUT2D eigenvalue weighted by Crippen LogP contribution is 2.24. The maximum Gasteiger partial charge on any atom is 0.236 e. The number of quaternary nitrogens is 1. The standard InChI is InChI=1S/C22H20N2OS/c1-16-9-11-18(12-10-16)21(17-6-3-2-4-7-17)23-14-19-15-25-22(24-19)20-8-5-13-26-20/h2-13,15,21,23H,14H2,1H3/p+1/t21-/m1/s1. The molecular formula is C22H21N2OS+. The van der Waals surface area contributed by atoms with E-state index in [0.717, 1.165) is 17.1 Å². The van der Waals surface area contributed by atoms with Gasteiger partial charge in [0, 0.05) is 11.1 Å². The second kappa shape index (κ2) is 7.68. The summed E-state index contributed by atoms with van der Waals surface area (Å²) in [4.78, 5) is 5.70. The average molecular weight is 361 g/mol. The number of aryl methyl sites for hydroxylation is 1. The molecule has 0 radical (unpaired) electrons. The Morgan fingerprint density at radius 1 is 0.962 bits per heavy atom. The van der Waals surface area contributed by atoms with E-state index < -0.39 is 0 Å². The van der Waals surface area contributed by atoms with Crippen LogP contribution in [0.5, 0.6) is 0 Å². The fourth-order valence-electron chi connectivity index (χ4n) is 3.05. The van der Waals surface area contributed by atoms with Gasteiger partial charge in [0.1, 0.15) is 24.5 Å². The summed E-state index contributed by atoms with van der Waals surface area (Å²) in [5.74, 6) is 0.704. The van der Waals surface area contributed by atoms with Crippen molar-refractivity contribution in [2.24, 2.45) is 0 Å². The lowest BCUT2D eigenvalue weighted by molar-refractivity contribution is -0.702. The molecule has 0 aliphatic rings. The Morgan fingerprint density at radius 2 is 1.73 bits per heavy atom. The Bertz CT molecular complexity index is 944. The summed E-state index contributed by atoms with van der Waals surface area (Å²) >= 11 is 1.64. The molecule has 0 amide bonds. The number of hydrogen-bond donors (Lipinski definition) is 1. The second-order valence-electron chi connectivity index (χ2n) is 6.36. The molecule has 3 nitrogen and oxygen atoms in total. The molecule has 26 heavy (non-hydrogen) atoms. The van der Waals surface area contributed by atoms with Gasteiger partial charge in [-0.1, -0.05) is 66.2 Å². The number of aromatic nitrogens is 1. The van der Waals surface area contributed by atoms with Crippen LogP contribution < -0.4 is 5.32 Å². The lowest BCUT2D eigenvalue weighted by Crippen LogP contribution is -2.84. The highest BCUT2D eigenvalue weighted by Gasteiger charge is 2.18. The molecule has 4 aromatic rings. The molecule has 0 bridgehead atoms. The summed E-state index contributed by atoms with van der Waals surface area (Å²) < 4.78 is 5.65. The van der Waals surface area contributed by atoms with Gasteiger partial charge in [-0.05, 0) is 18.4 Å². The highest BCUT2D eigenvalue weighted by molar-refractivity contribution is 7.13. The van der Waals surface area contributed by atoms with E-state index in [2.05, 4.69) is 71.8 Å². The third kappa shape index (κ3) is 3.77. The maximum atomic E-state index is 5.65. The lowest BCUT2D eigenvalue weighted by atomic mass is 9.98. The van der Waals surface area contributed by atoms with Crippen molar-refractivity contribution in [3.05, 3.63) is 101 Å². The molecule has 130 valence electrons. The normalized spacial score (nSPS) is 12.2. The molecule has 0 spiro atoms. The van der Waals surface area contributed by atoms with Crippen LogP contribution in [0.1, 0.15) is 28.4 Å². The van der Waals surface area contributed by atoms with E-state index in [1.165, 1.54) is 16.7 Å². The topological polar surface area (TPSA) is 42.6 Å². The van der Waals surface area contributed by atoms with Crippen LogP contribution in [0.3, 0.4) is 0 Å². The molecule has 4 rings (SSSR count). The van der Waals surface area contributed by atoms with Crippen molar-refractivity contribution in [3.8, 4) is 10.8 Å². The fraction of sp³-hybridized carbons (Fsp3) is 0.136. The Morgan fingerprint density at radius 3 is 2.46 bits per heavy atom. The molecule has 0 unspecified atom stereocenters. The van der Waals surface area contributed by atoms with Crippen LogP contribution in [0.25, 0.3) is 10.8 Å². The third-order valence-corrected chi connectivity index (χ3v) is 5.30. The number of rotatable bonds is 6. The Hall–Kier alpha value is -2.69. The Labute approximate surface area is 157 Å². The SMILES string of the molecule is Cc1ccc([C@H]([NH2+]Cc2coc(-c3cccs3)n2)c2ccccc2)cc1. The number of benzene rings is 2. The molecule has 2 aromatic carbocycles. The number of oxazole rings is 1. The van der Waals surface area contributed by atoms with Gasteiger partial charge in [0.15, 0.2) is 0 Å². The Balaban J connectivity index is 1.54. The highest BCUT2D eigenvalue weighted by atomic mass is 32.1. The van der Waals surface area contributed by atoms with Crippen molar-refractivity contribution in [1.82, 2.24) is 4.98 Å². The summed E-state index contributed by atoms with van der Waals surface area (Å²) in [5.41, 5.74) is 4.82. The summed E-state index contributed by atoms with van der Waals surface area (Å²) in [6.45, 7) is 2.88. The van der Waals surface area contributed by atoms with Gasteiger partial charge in [0.05, 0.1) is 4.88 Å². The predicted octanol–water partition coefficient (Wildman–Crippen LogP) is 4.56. The first-order valence-corrected chi connectivity index (χ1v) is 9.61. The van der Waals surface area contributed by atoms with Gasteiger partial charge in [-0.25, -0.2) is 4.98 Å². The zero-order chi connectivity index (χ0) is 17.8. The fourth-order valence-corrected chi connectivity index (χ4v) is 3.71. The second-order valence-corrected chi connectivity index (χ2v) is 7.31. The molecule has 0 aliphatic heterocycles. The summed E-state index contributed by atoms with van der Waals surface area (Å²) in [6.07, 6.45) is 1.77. The smallest absolute Gasteiger partial charge is 0.236 e. The summed E-state index contributed by atoms with van der Waals surface area (Å²) in [6, 6.07) is 23.6. The molecule has 0 saturated carbocycles. The molecule has 0 aliphatic carbocycles. The minimum Gasteiger partial charge on any atom is -0.443 e. The van der Waals surface area contributed by atoms with E-state index in [9.17, 15) is 0 Å². The van der Waals surface area contributed by atoms with Crippen molar-refractivity contribution in [2.75, 3.05) is 0 Å². The number of nitrogens with two attached hydrogens (primary N) is 1. The van der Waals surface area contributed by atoms with Crippen molar-refractivity contribution in [3.63, 3.8) is 0 Å². The van der Waals surface area contributed by atoms with Gasteiger partial charge in [0.2, 0.25) is 5.89 Å². The quantitative estimate of drug-likeness (QED) is 0.547. The zero-order valence-electron chi connectivity index (χ0n) is 14.6. The van der Waals surface area contributed by atoms with Gasteiger partial charge in [-0.3, -0.25) is 0 Å². The van der Waals surface area contributed by atoms with E-state index in [1.807, 2.05) is 17.5 Å². The average Bonchev–Trinajstić information content (AvgIpc) is 3.36. The van der Waals surface area contributed by atoms with E-state index in [4.69, 9.17) is 4.42 Å². The van der Waals surface area contributed by atoms with E-state index >= 15 is 0 Å². The monoisotopic (exact) mass is 361 g/mol. The van der Waals surface area contributed by atoms with Gasteiger partial charge >= 0.3 is 0 Å². The molecule has 1 atom stereocenters. The van der Waals surface area contributed by atoms with E-state index in [0.29, 0.717) is 5.89 Å². The summed E-state index contributed by atoms with van der Waals surface area (Å²) in [5, 5.41) is 4.35. The first-order chi connectivity index (χ1) is 12.8. The largest absolute Gasteiger partial charge is 0.443 e. The first kappa shape index (κ1) is 16.8. The lowest BCUT2D eigenvalue weighted by Gasteiger charge is -2.16. The molecule has 4 heteroatoms. The van der Waals surface area contributed by atoms with Gasteiger partial charge < -0.3 is 9.73 Å². The molecular weight excluding hydrogens is 340 g/mol. The number of nitrogens with zero attached hydrogens (tertiary/aromatic N) is 1. The van der Waals surface area contributed by atoms with Crippen LogP contribution in [-0.4, -0.2) is 4.98 Å². The first-order valence-electron chi connectivity index (χ1n) is 8.73. The van der Waals surface area contributed by atoms with Crippen molar-refractivity contribution < 1.29 is 9.73 Å². The van der Waals surface area contributed by atoms with Crippen molar-refractivity contribution >= 4 is 11.3 Å². The van der Waals surface area contributed by atoms with Crippen LogP contribution in [0.4, 0.5) is 0 Å². The molecule has 0 fully saturated rings. The van der Waals surface area contributed by atoms with Gasteiger partial charge in [0.25, 0.3) is 0 Å². The minimum absolute atomic E-state index is 0.235. The van der Waals surface area contributed by atoms with Crippen LogP contribution in [0, 0.1) is 6.92 Å². The summed E-state index contributed by atoms with van der Waals surface area (Å²) in [7, 11) is 0. The molecule has 2 heterocycles. The molecule has 2 N–H and O–H groups in total. The Kier molecular flexibility index (Phi) is 4.95. The predicted molar refractivity (Wildman–Crippen MR) is 105 cm³/mol. The maximum absolute atomic E-state index is 5.65. The number of thiophene rings is 1. The van der Waals surface area contributed by atoms with Crippen LogP contribution in [0.15, 0.2) is 82.8 Å². The third-order valence-electron chi connectivity index (χ3n) is 4.44. The molecule has 0 saturated heterocycles. The minimum atomic E-state index is 0.235. The van der Waals surface area contributed by atoms with E-state index in [-0.39, 0.29) is 6.04 Å². The van der Waals surface area contributed by atoms with Crippen molar-refractivity contribution in [2.45, 2.75) is 19.5 Å². The van der Waals surface area contributed by atoms with E-state index in [1.54, 1.807) is 17.6 Å². The van der Waals surface area contributed by atoms with Crippen LogP contribution in [-0.2, 0) is 6.54 Å². The number of hydrogen-bond acceptors (Lipinski definition) is 3. The van der Waals surface area contributed by atoms with Crippen LogP contribution >= 0.6 is 11.3 Å². The van der Waals surface area contributed by atoms with Crippen molar-refractivity contribution in [1.29, 1.82) is 0 Å².